The summed E-state index contributed by atoms with van der Waals surface area (Å²) in [5.74, 6) is -0.203. The number of carboxylic acid groups (broad SMARTS) is 1. The molecule has 0 spiro atoms. The Morgan fingerprint density at radius 1 is 1.19 bits per heavy atom. The third kappa shape index (κ3) is 3.88. The lowest BCUT2D eigenvalue weighted by atomic mass is 9.88. The van der Waals surface area contributed by atoms with Crippen LogP contribution in [0.2, 0.25) is 0 Å². The second-order valence-corrected chi connectivity index (χ2v) is 8.42. The van der Waals surface area contributed by atoms with Crippen molar-refractivity contribution in [2.45, 2.75) is 26.2 Å². The zero-order valence-corrected chi connectivity index (χ0v) is 18.3. The molecule has 7 heteroatoms. The number of thiophene rings is 1. The number of ether oxygens (including phenoxy) is 2. The van der Waals surface area contributed by atoms with Gasteiger partial charge in [-0.25, -0.2) is 4.79 Å². The third-order valence-corrected chi connectivity index (χ3v) is 6.62. The van der Waals surface area contributed by atoms with Crippen molar-refractivity contribution in [1.82, 2.24) is 0 Å². The number of fused-ring (bicyclic) bond motifs is 1. The Kier molecular flexibility index (Phi) is 5.69. The van der Waals surface area contributed by atoms with E-state index in [9.17, 15) is 14.7 Å². The molecule has 0 unspecified atom stereocenters. The number of methoxy groups -OCH3 is 1. The quantitative estimate of drug-likeness (QED) is 0.546. The molecule has 0 fully saturated rings. The van der Waals surface area contributed by atoms with Gasteiger partial charge in [-0.15, -0.1) is 11.3 Å². The number of carbonyl (C=O) groups excluding carboxylic acids is 1. The molecule has 2 N–H and O–H groups in total. The summed E-state index contributed by atoms with van der Waals surface area (Å²) >= 11 is 1.22. The van der Waals surface area contributed by atoms with Crippen LogP contribution in [0.3, 0.4) is 0 Å². The first kappa shape index (κ1) is 20.9. The lowest BCUT2D eigenvalue weighted by molar-refractivity contribution is -0.116. The van der Waals surface area contributed by atoms with E-state index in [1.807, 2.05) is 56.3 Å². The molecule has 3 aromatic rings. The molecule has 1 aliphatic rings. The Labute approximate surface area is 184 Å². The van der Waals surface area contributed by atoms with Crippen molar-refractivity contribution in [3.63, 3.8) is 0 Å². The lowest BCUT2D eigenvalue weighted by Crippen LogP contribution is -2.22. The first-order chi connectivity index (χ1) is 14.9. The molecule has 2 aromatic carbocycles. The molecule has 1 amide bonds. The van der Waals surface area contributed by atoms with Crippen LogP contribution < -0.4 is 14.8 Å². The standard InChI is InChI=1S/C24H23NO5S/c1-4-30-18-11-15(9-10-17(18)29-3)16-12-19(26)25-21-20(14-7-5-13(2)6-8-14)23(24(27)28)31-22(16)21/h5-11,16H,4,12H2,1-3H3,(H,25,26)(H,27,28)/t16-/m0/s1. The summed E-state index contributed by atoms with van der Waals surface area (Å²) in [5.41, 5.74) is 3.87. The van der Waals surface area contributed by atoms with Crippen LogP contribution in [0.15, 0.2) is 42.5 Å². The number of nitrogens with one attached hydrogen (secondary N) is 1. The molecule has 1 aromatic heterocycles. The minimum absolute atomic E-state index is 0.144. The predicted octanol–water partition coefficient (Wildman–Crippen LogP) is 5.30. The van der Waals surface area contributed by atoms with Crippen LogP contribution in [0.4, 0.5) is 5.69 Å². The monoisotopic (exact) mass is 437 g/mol. The van der Waals surface area contributed by atoms with Crippen molar-refractivity contribution >= 4 is 28.9 Å². The Balaban J connectivity index is 1.88. The molecule has 2 heterocycles. The van der Waals surface area contributed by atoms with Crippen molar-refractivity contribution in [3.8, 4) is 22.6 Å². The Bertz CT molecular complexity index is 1150. The molecule has 0 aliphatic carbocycles. The zero-order chi connectivity index (χ0) is 22.1. The van der Waals surface area contributed by atoms with Gasteiger partial charge in [-0.3, -0.25) is 4.79 Å². The van der Waals surface area contributed by atoms with E-state index < -0.39 is 5.97 Å². The fraction of sp³-hybridized carbons (Fsp3) is 0.250. The molecule has 160 valence electrons. The van der Waals surface area contributed by atoms with E-state index in [1.165, 1.54) is 11.3 Å². The minimum Gasteiger partial charge on any atom is -0.493 e. The first-order valence-corrected chi connectivity index (χ1v) is 10.8. The van der Waals surface area contributed by atoms with Crippen LogP contribution in [-0.4, -0.2) is 30.7 Å². The third-order valence-electron chi connectivity index (χ3n) is 5.33. The molecule has 4 rings (SSSR count). The molecule has 31 heavy (non-hydrogen) atoms. The van der Waals surface area contributed by atoms with Gasteiger partial charge in [0.05, 0.1) is 19.4 Å². The number of carbonyl (C=O) groups is 2. The number of carboxylic acids is 1. The van der Waals surface area contributed by atoms with Gasteiger partial charge in [0.25, 0.3) is 0 Å². The van der Waals surface area contributed by atoms with E-state index in [1.54, 1.807) is 7.11 Å². The van der Waals surface area contributed by atoms with Crippen LogP contribution >= 0.6 is 11.3 Å². The molecular formula is C24H23NO5S. The smallest absolute Gasteiger partial charge is 0.346 e. The molecule has 1 atom stereocenters. The highest BCUT2D eigenvalue weighted by Crippen LogP contribution is 2.50. The Morgan fingerprint density at radius 3 is 2.58 bits per heavy atom. The highest BCUT2D eigenvalue weighted by molar-refractivity contribution is 7.15. The van der Waals surface area contributed by atoms with Gasteiger partial charge in [0.1, 0.15) is 4.88 Å². The van der Waals surface area contributed by atoms with E-state index >= 15 is 0 Å². The average molecular weight is 438 g/mol. The first-order valence-electron chi connectivity index (χ1n) is 10.0. The maximum absolute atomic E-state index is 12.7. The molecule has 1 aliphatic heterocycles. The topological polar surface area (TPSA) is 84.9 Å². The van der Waals surface area contributed by atoms with E-state index in [-0.39, 0.29) is 23.1 Å². The summed E-state index contributed by atoms with van der Waals surface area (Å²) in [4.78, 5) is 25.8. The minimum atomic E-state index is -1.01. The van der Waals surface area contributed by atoms with Crippen molar-refractivity contribution in [2.75, 3.05) is 19.0 Å². The van der Waals surface area contributed by atoms with Gasteiger partial charge in [-0.1, -0.05) is 35.9 Å². The van der Waals surface area contributed by atoms with Gasteiger partial charge < -0.3 is 19.9 Å². The zero-order valence-electron chi connectivity index (χ0n) is 17.5. The van der Waals surface area contributed by atoms with E-state index in [0.717, 1.165) is 21.6 Å². The number of amides is 1. The van der Waals surface area contributed by atoms with Gasteiger partial charge in [0.15, 0.2) is 11.5 Å². The van der Waals surface area contributed by atoms with E-state index in [0.29, 0.717) is 29.4 Å². The maximum atomic E-state index is 12.7. The molecule has 0 saturated heterocycles. The second kappa shape index (κ2) is 8.43. The second-order valence-electron chi connectivity index (χ2n) is 7.36. The highest BCUT2D eigenvalue weighted by atomic mass is 32.1. The molecular weight excluding hydrogens is 414 g/mol. The number of anilines is 1. The van der Waals surface area contributed by atoms with Crippen LogP contribution in [-0.2, 0) is 4.79 Å². The fourth-order valence-electron chi connectivity index (χ4n) is 3.88. The molecule has 0 radical (unpaired) electrons. The summed E-state index contributed by atoms with van der Waals surface area (Å²) in [6, 6.07) is 13.2. The summed E-state index contributed by atoms with van der Waals surface area (Å²) in [6.07, 6.45) is 0.234. The Morgan fingerprint density at radius 2 is 1.94 bits per heavy atom. The Hall–Kier alpha value is -3.32. The average Bonchev–Trinajstić information content (AvgIpc) is 3.13. The largest absolute Gasteiger partial charge is 0.493 e. The SMILES string of the molecule is CCOc1cc([C@@H]2CC(=O)Nc3c2sc(C(=O)O)c3-c2ccc(C)cc2)ccc1OC. The van der Waals surface area contributed by atoms with Crippen molar-refractivity contribution in [1.29, 1.82) is 0 Å². The van der Waals surface area contributed by atoms with Crippen molar-refractivity contribution < 1.29 is 24.2 Å². The number of rotatable bonds is 6. The van der Waals surface area contributed by atoms with Crippen LogP contribution in [0.5, 0.6) is 11.5 Å². The van der Waals surface area contributed by atoms with Gasteiger partial charge in [0, 0.05) is 22.8 Å². The highest BCUT2D eigenvalue weighted by Gasteiger charge is 2.34. The maximum Gasteiger partial charge on any atom is 0.346 e. The summed E-state index contributed by atoms with van der Waals surface area (Å²) < 4.78 is 11.1. The van der Waals surface area contributed by atoms with Crippen molar-refractivity contribution in [2.24, 2.45) is 0 Å². The summed E-state index contributed by atoms with van der Waals surface area (Å²) in [5, 5.41) is 12.8. The van der Waals surface area contributed by atoms with Crippen LogP contribution in [0.25, 0.3) is 11.1 Å². The number of aryl methyl sites for hydroxylation is 1. The summed E-state index contributed by atoms with van der Waals surface area (Å²) in [7, 11) is 1.58. The molecule has 0 saturated carbocycles. The van der Waals surface area contributed by atoms with Gasteiger partial charge in [-0.2, -0.15) is 0 Å². The number of hydrogen-bond acceptors (Lipinski definition) is 5. The number of benzene rings is 2. The normalized spacial score (nSPS) is 15.2. The van der Waals surface area contributed by atoms with Gasteiger partial charge in [0.2, 0.25) is 5.91 Å². The molecule has 6 nitrogen and oxygen atoms in total. The number of hydrogen-bond donors (Lipinski definition) is 2. The van der Waals surface area contributed by atoms with E-state index in [4.69, 9.17) is 9.47 Å². The fourth-order valence-corrected chi connectivity index (χ4v) is 5.13. The van der Waals surface area contributed by atoms with E-state index in [2.05, 4.69) is 5.32 Å². The lowest BCUT2D eigenvalue weighted by Gasteiger charge is -2.24. The predicted molar refractivity (Wildman–Crippen MR) is 121 cm³/mol. The van der Waals surface area contributed by atoms with Crippen molar-refractivity contribution in [3.05, 3.63) is 63.3 Å². The number of aromatic carboxylic acids is 1. The van der Waals surface area contributed by atoms with Gasteiger partial charge in [-0.05, 0) is 37.1 Å². The summed E-state index contributed by atoms with van der Waals surface area (Å²) in [6.45, 7) is 4.35. The van der Waals surface area contributed by atoms with Crippen LogP contribution in [0.1, 0.15) is 44.9 Å². The van der Waals surface area contributed by atoms with Gasteiger partial charge >= 0.3 is 5.97 Å². The van der Waals surface area contributed by atoms with Crippen LogP contribution in [0, 0.1) is 6.92 Å². The molecule has 0 bridgehead atoms.